The second kappa shape index (κ2) is 7.42. The molecule has 0 saturated heterocycles. The zero-order chi connectivity index (χ0) is 13.8. The van der Waals surface area contributed by atoms with Gasteiger partial charge in [0.25, 0.3) is 0 Å². The highest BCUT2D eigenvalue weighted by Crippen LogP contribution is 2.32. The molecule has 0 aliphatic carbocycles. The Morgan fingerprint density at radius 1 is 1.32 bits per heavy atom. The van der Waals surface area contributed by atoms with Gasteiger partial charge in [0.1, 0.15) is 11.5 Å². The number of nitrogens with two attached hydrogens (primary N) is 2. The van der Waals surface area contributed by atoms with E-state index in [0.717, 1.165) is 6.07 Å². The number of methoxy groups -OCH3 is 1. The van der Waals surface area contributed by atoms with Gasteiger partial charge in [0, 0.05) is 17.7 Å². The summed E-state index contributed by atoms with van der Waals surface area (Å²) in [5, 5.41) is 0. The van der Waals surface area contributed by atoms with Gasteiger partial charge in [0.05, 0.1) is 7.11 Å². The van der Waals surface area contributed by atoms with Crippen molar-refractivity contribution in [2.75, 3.05) is 13.7 Å². The van der Waals surface area contributed by atoms with Crippen LogP contribution < -0.4 is 20.9 Å². The fourth-order valence-electron chi connectivity index (χ4n) is 1.53. The molecule has 0 aromatic heterocycles. The van der Waals surface area contributed by atoms with Crippen LogP contribution in [0, 0.1) is 0 Å². The van der Waals surface area contributed by atoms with Crippen LogP contribution in [-0.4, -0.2) is 20.0 Å². The summed E-state index contributed by atoms with van der Waals surface area (Å²) in [5.41, 5.74) is 11.8. The van der Waals surface area contributed by atoms with Gasteiger partial charge in [-0.05, 0) is 19.0 Å². The van der Waals surface area contributed by atoms with Crippen LogP contribution in [-0.2, 0) is 0 Å². The van der Waals surface area contributed by atoms with E-state index >= 15 is 0 Å². The van der Waals surface area contributed by atoms with Gasteiger partial charge in [-0.15, -0.1) is 25.6 Å². The van der Waals surface area contributed by atoms with E-state index in [1.54, 1.807) is 0 Å². The van der Waals surface area contributed by atoms with Crippen molar-refractivity contribution in [1.82, 2.24) is 0 Å². The molecule has 0 aliphatic heterocycles. The quantitative estimate of drug-likeness (QED) is 0.876. The monoisotopic (exact) mass is 300 g/mol. The molecule has 1 atom stereocenters. The Labute approximate surface area is 115 Å². The van der Waals surface area contributed by atoms with Crippen molar-refractivity contribution in [2.45, 2.75) is 18.8 Å². The van der Waals surface area contributed by atoms with Crippen LogP contribution in [0.15, 0.2) is 18.2 Å². The number of halogens is 4. The second-order valence-electron chi connectivity index (χ2n) is 3.64. The van der Waals surface area contributed by atoms with Crippen LogP contribution in [0.1, 0.15) is 18.0 Å². The predicted molar refractivity (Wildman–Crippen MR) is 67.5 cm³/mol. The molecule has 0 radical (unpaired) electrons. The molecular weight excluding hydrogens is 285 g/mol. The van der Waals surface area contributed by atoms with Gasteiger partial charge in [-0.3, -0.25) is 0 Å². The molecule has 0 amide bonds. The second-order valence-corrected chi connectivity index (χ2v) is 3.64. The lowest BCUT2D eigenvalue weighted by atomic mass is 10.0. The molecule has 4 N–H and O–H groups in total. The van der Waals surface area contributed by atoms with E-state index in [2.05, 4.69) is 4.74 Å². The average molecular weight is 301 g/mol. The van der Waals surface area contributed by atoms with Crippen LogP contribution in [0.2, 0.25) is 0 Å². The van der Waals surface area contributed by atoms with Crippen molar-refractivity contribution >= 4 is 12.4 Å². The molecular formula is C11H16ClF3N2O2. The van der Waals surface area contributed by atoms with Crippen LogP contribution in [0.5, 0.6) is 11.5 Å². The minimum absolute atomic E-state index is 0. The number of benzene rings is 1. The van der Waals surface area contributed by atoms with Gasteiger partial charge in [-0.1, -0.05) is 6.07 Å². The zero-order valence-corrected chi connectivity index (χ0v) is 11.1. The Morgan fingerprint density at radius 3 is 2.42 bits per heavy atom. The third kappa shape index (κ3) is 5.54. The van der Waals surface area contributed by atoms with Crippen molar-refractivity contribution in [3.63, 3.8) is 0 Å². The number of ether oxygens (including phenoxy) is 2. The highest BCUT2D eigenvalue weighted by Gasteiger charge is 2.31. The maximum atomic E-state index is 12.1. The molecule has 0 aliphatic rings. The molecule has 0 fully saturated rings. The number of rotatable bonds is 5. The van der Waals surface area contributed by atoms with Gasteiger partial charge < -0.3 is 20.9 Å². The number of alkyl halides is 3. The topological polar surface area (TPSA) is 70.5 Å². The van der Waals surface area contributed by atoms with Crippen LogP contribution in [0.4, 0.5) is 13.2 Å². The lowest BCUT2D eigenvalue weighted by molar-refractivity contribution is -0.274. The molecule has 1 rings (SSSR count). The lowest BCUT2D eigenvalue weighted by Gasteiger charge is -2.16. The highest BCUT2D eigenvalue weighted by atomic mass is 35.5. The van der Waals surface area contributed by atoms with Gasteiger partial charge in [0.2, 0.25) is 0 Å². The van der Waals surface area contributed by atoms with Crippen LogP contribution in [0.3, 0.4) is 0 Å². The van der Waals surface area contributed by atoms with Gasteiger partial charge in [-0.25, -0.2) is 0 Å². The summed E-state index contributed by atoms with van der Waals surface area (Å²) in [6.45, 7) is 0.380. The third-order valence-corrected chi connectivity index (χ3v) is 2.32. The molecule has 0 saturated carbocycles. The van der Waals surface area contributed by atoms with Crippen molar-refractivity contribution in [3.05, 3.63) is 23.8 Å². The Bertz CT molecular complexity index is 402. The van der Waals surface area contributed by atoms with E-state index in [-0.39, 0.29) is 29.9 Å². The van der Waals surface area contributed by atoms with E-state index in [0.29, 0.717) is 18.5 Å². The summed E-state index contributed by atoms with van der Waals surface area (Å²) in [6, 6.07) is 3.41. The normalized spacial score (nSPS) is 12.5. The molecule has 110 valence electrons. The molecule has 0 spiro atoms. The summed E-state index contributed by atoms with van der Waals surface area (Å²) in [5.74, 6) is -0.0965. The van der Waals surface area contributed by atoms with E-state index in [1.807, 2.05) is 0 Å². The summed E-state index contributed by atoms with van der Waals surface area (Å²) in [4.78, 5) is 0. The lowest BCUT2D eigenvalue weighted by Crippen LogP contribution is -2.18. The van der Waals surface area contributed by atoms with Crippen LogP contribution in [0.25, 0.3) is 0 Å². The van der Waals surface area contributed by atoms with Gasteiger partial charge >= 0.3 is 6.36 Å². The first-order chi connectivity index (χ1) is 8.37. The molecule has 1 aromatic carbocycles. The first-order valence-electron chi connectivity index (χ1n) is 5.26. The fraction of sp³-hybridized carbons (Fsp3) is 0.455. The Morgan fingerprint density at radius 2 is 1.95 bits per heavy atom. The predicted octanol–water partition coefficient (Wildman–Crippen LogP) is 2.36. The Kier molecular flexibility index (Phi) is 6.96. The SMILES string of the molecule is COc1cc(OC(F)(F)F)ccc1[C@@H](N)CCN.Cl. The minimum Gasteiger partial charge on any atom is -0.496 e. The van der Waals surface area contributed by atoms with E-state index in [1.165, 1.54) is 19.2 Å². The molecule has 19 heavy (non-hydrogen) atoms. The smallest absolute Gasteiger partial charge is 0.496 e. The van der Waals surface area contributed by atoms with E-state index < -0.39 is 6.36 Å². The average Bonchev–Trinajstić information content (AvgIpc) is 2.27. The molecule has 0 unspecified atom stereocenters. The van der Waals surface area contributed by atoms with Gasteiger partial charge in [0.15, 0.2) is 0 Å². The van der Waals surface area contributed by atoms with Crippen LogP contribution >= 0.6 is 12.4 Å². The maximum Gasteiger partial charge on any atom is 0.573 e. The summed E-state index contributed by atoms with van der Waals surface area (Å²) in [6.07, 6.45) is -4.22. The van der Waals surface area contributed by atoms with E-state index in [4.69, 9.17) is 16.2 Å². The first kappa shape index (κ1) is 17.8. The third-order valence-electron chi connectivity index (χ3n) is 2.32. The molecule has 0 bridgehead atoms. The molecule has 1 aromatic rings. The Hall–Kier alpha value is -1.18. The molecule has 4 nitrogen and oxygen atoms in total. The maximum absolute atomic E-state index is 12.1. The van der Waals surface area contributed by atoms with Crippen molar-refractivity contribution in [1.29, 1.82) is 0 Å². The Balaban J connectivity index is 0.00000324. The fourth-order valence-corrected chi connectivity index (χ4v) is 1.53. The highest BCUT2D eigenvalue weighted by molar-refractivity contribution is 5.85. The van der Waals surface area contributed by atoms with Crippen molar-refractivity contribution in [2.24, 2.45) is 11.5 Å². The summed E-state index contributed by atoms with van der Waals surface area (Å²) in [7, 11) is 1.35. The van der Waals surface area contributed by atoms with E-state index in [9.17, 15) is 13.2 Å². The summed E-state index contributed by atoms with van der Waals surface area (Å²) >= 11 is 0. The molecule has 0 heterocycles. The summed E-state index contributed by atoms with van der Waals surface area (Å²) < 4.78 is 45.0. The number of hydrogen-bond donors (Lipinski definition) is 2. The molecule has 8 heteroatoms. The van der Waals surface area contributed by atoms with Gasteiger partial charge in [-0.2, -0.15) is 0 Å². The first-order valence-corrected chi connectivity index (χ1v) is 5.26. The van der Waals surface area contributed by atoms with Crippen molar-refractivity contribution in [3.8, 4) is 11.5 Å². The number of hydrogen-bond acceptors (Lipinski definition) is 4. The minimum atomic E-state index is -4.73. The zero-order valence-electron chi connectivity index (χ0n) is 10.2. The van der Waals surface area contributed by atoms with Crippen molar-refractivity contribution < 1.29 is 22.6 Å². The standard InChI is InChI=1S/C11H15F3N2O2.ClH/c1-17-10-6-7(18-11(12,13)14)2-3-8(10)9(16)4-5-15;/h2-3,6,9H,4-5,15-16H2,1H3;1H/t9-;/m0./s1. The largest absolute Gasteiger partial charge is 0.573 e.